The minimum Gasteiger partial charge on any atom is -0.380 e. The van der Waals surface area contributed by atoms with Crippen LogP contribution >= 0.6 is 0 Å². The molecule has 0 fully saturated rings. The first kappa shape index (κ1) is 17.3. The van der Waals surface area contributed by atoms with Gasteiger partial charge in [0.2, 0.25) is 0 Å². The summed E-state index contributed by atoms with van der Waals surface area (Å²) in [4.78, 5) is 0. The molecule has 0 aliphatic carbocycles. The molecule has 0 aromatic heterocycles. The molecule has 0 aliphatic heterocycles. The molecule has 0 heterocycles. The van der Waals surface area contributed by atoms with Crippen LogP contribution in [0.4, 0.5) is 39.5 Å². The van der Waals surface area contributed by atoms with E-state index in [0.717, 1.165) is 0 Å². The molecular weight excluding hydrogens is 283 g/mol. The van der Waals surface area contributed by atoms with Gasteiger partial charge < -0.3 is 4.74 Å². The number of halogens is 9. The molecule has 0 aromatic rings. The van der Waals surface area contributed by atoms with Gasteiger partial charge in [-0.2, -0.15) is 39.5 Å². The molecule has 0 amide bonds. The Morgan fingerprint density at radius 3 is 1.28 bits per heavy atom. The predicted molar refractivity (Wildman–Crippen MR) is 41.7 cm³/mol. The molecule has 1 nitrogen and oxygen atoms in total. The summed E-state index contributed by atoms with van der Waals surface area (Å²) in [7, 11) is 0. The summed E-state index contributed by atoms with van der Waals surface area (Å²) in [5, 5.41) is 0. The summed E-state index contributed by atoms with van der Waals surface area (Å²) in [6, 6.07) is 0. The Balaban J connectivity index is 5.61. The second-order valence-electron chi connectivity index (χ2n) is 3.45. The summed E-state index contributed by atoms with van der Waals surface area (Å²) in [6.45, 7) is -1.84. The number of ether oxygens (including phenoxy) is 1. The van der Waals surface area contributed by atoms with E-state index in [2.05, 4.69) is 4.74 Å². The first-order valence-electron chi connectivity index (χ1n) is 4.59. The van der Waals surface area contributed by atoms with Gasteiger partial charge >= 0.3 is 18.5 Å². The van der Waals surface area contributed by atoms with Gasteiger partial charge in [0, 0.05) is 6.61 Å². The highest BCUT2D eigenvalue weighted by atomic mass is 19.4. The molecule has 18 heavy (non-hydrogen) atoms. The second-order valence-corrected chi connectivity index (χ2v) is 3.45. The fourth-order valence-corrected chi connectivity index (χ4v) is 1.10. The fourth-order valence-electron chi connectivity index (χ4n) is 1.10. The van der Waals surface area contributed by atoms with E-state index in [0.29, 0.717) is 0 Å². The number of hydrogen-bond donors (Lipinski definition) is 0. The minimum atomic E-state index is -6.54. The molecule has 0 unspecified atom stereocenters. The maximum atomic E-state index is 12.3. The van der Waals surface area contributed by atoms with Crippen molar-refractivity contribution < 1.29 is 44.3 Å². The lowest BCUT2D eigenvalue weighted by molar-refractivity contribution is -0.435. The van der Waals surface area contributed by atoms with E-state index in [1.165, 1.54) is 6.92 Å². The second kappa shape index (κ2) is 5.14. The van der Waals surface area contributed by atoms with Crippen LogP contribution in [0.3, 0.4) is 0 Å². The standard InChI is InChI=1S/C8H9F9O/c1-2-3-18-4-5(6(9,10)11,7(12,13)14)8(15,16)17/h2-4H2,1H3. The van der Waals surface area contributed by atoms with Gasteiger partial charge in [0.05, 0.1) is 6.61 Å². The summed E-state index contributed by atoms with van der Waals surface area (Å²) in [5.74, 6) is 0. The van der Waals surface area contributed by atoms with Gasteiger partial charge in [-0.25, -0.2) is 0 Å². The van der Waals surface area contributed by atoms with Crippen molar-refractivity contribution in [2.24, 2.45) is 5.41 Å². The third-order valence-electron chi connectivity index (χ3n) is 2.12. The molecule has 0 rings (SSSR count). The van der Waals surface area contributed by atoms with Gasteiger partial charge in [-0.1, -0.05) is 6.92 Å². The maximum absolute atomic E-state index is 12.3. The van der Waals surface area contributed by atoms with Crippen molar-refractivity contribution in [2.75, 3.05) is 13.2 Å². The van der Waals surface area contributed by atoms with E-state index in [1.807, 2.05) is 0 Å². The molecular formula is C8H9F9O. The van der Waals surface area contributed by atoms with E-state index in [-0.39, 0.29) is 6.42 Å². The van der Waals surface area contributed by atoms with Crippen LogP contribution in [-0.4, -0.2) is 31.7 Å². The molecule has 110 valence electrons. The van der Waals surface area contributed by atoms with Crippen LogP contribution in [0.25, 0.3) is 0 Å². The van der Waals surface area contributed by atoms with E-state index in [4.69, 9.17) is 0 Å². The average molecular weight is 292 g/mol. The van der Waals surface area contributed by atoms with Crippen molar-refractivity contribution in [1.82, 2.24) is 0 Å². The van der Waals surface area contributed by atoms with E-state index < -0.39 is 37.2 Å². The zero-order valence-electron chi connectivity index (χ0n) is 8.93. The largest absolute Gasteiger partial charge is 0.414 e. The van der Waals surface area contributed by atoms with Crippen molar-refractivity contribution >= 4 is 0 Å². The summed E-state index contributed by atoms with van der Waals surface area (Å²) < 4.78 is 114. The minimum absolute atomic E-state index is 0.0103. The third kappa shape index (κ3) is 3.01. The van der Waals surface area contributed by atoms with Gasteiger partial charge in [-0.05, 0) is 6.42 Å². The molecule has 0 spiro atoms. The lowest BCUT2D eigenvalue weighted by Crippen LogP contribution is -2.62. The highest BCUT2D eigenvalue weighted by molar-refractivity contribution is 4.99. The molecule has 0 N–H and O–H groups in total. The van der Waals surface area contributed by atoms with Crippen LogP contribution in [0, 0.1) is 5.41 Å². The number of rotatable bonds is 4. The van der Waals surface area contributed by atoms with Gasteiger partial charge in [-0.15, -0.1) is 0 Å². The zero-order valence-corrected chi connectivity index (χ0v) is 8.93. The molecule has 0 radical (unpaired) electrons. The molecule has 0 aliphatic rings. The molecule has 0 saturated carbocycles. The highest BCUT2D eigenvalue weighted by Crippen LogP contribution is 2.59. The normalized spacial score (nSPS) is 15.0. The number of alkyl halides is 9. The molecule has 0 bridgehead atoms. The van der Waals surface area contributed by atoms with Crippen LogP contribution in [-0.2, 0) is 4.74 Å². The average Bonchev–Trinajstić information content (AvgIpc) is 2.05. The zero-order chi connectivity index (χ0) is 14.8. The Hall–Kier alpha value is -0.670. The van der Waals surface area contributed by atoms with E-state index in [9.17, 15) is 39.5 Å². The van der Waals surface area contributed by atoms with Crippen LogP contribution in [0.5, 0.6) is 0 Å². The summed E-state index contributed by atoms with van der Waals surface area (Å²) in [6.07, 6.45) is -19.6. The Bertz CT molecular complexity index is 225. The van der Waals surface area contributed by atoms with Gasteiger partial charge in [-0.3, -0.25) is 0 Å². The molecule has 0 atom stereocenters. The Labute approximate surface area is 95.9 Å². The van der Waals surface area contributed by atoms with Crippen LogP contribution < -0.4 is 0 Å². The predicted octanol–water partition coefficient (Wildman–Crippen LogP) is 4.09. The lowest BCUT2D eigenvalue weighted by atomic mass is 9.86. The SMILES string of the molecule is CCCOCC(C(F)(F)F)(C(F)(F)F)C(F)(F)F. The first-order valence-corrected chi connectivity index (χ1v) is 4.59. The van der Waals surface area contributed by atoms with Crippen molar-refractivity contribution in [3.05, 3.63) is 0 Å². The van der Waals surface area contributed by atoms with Gasteiger partial charge in [0.1, 0.15) is 0 Å². The quantitative estimate of drug-likeness (QED) is 0.560. The molecule has 10 heteroatoms. The van der Waals surface area contributed by atoms with Crippen LogP contribution in [0.1, 0.15) is 13.3 Å². The Morgan fingerprint density at radius 1 is 0.722 bits per heavy atom. The van der Waals surface area contributed by atoms with E-state index in [1.54, 1.807) is 0 Å². The monoisotopic (exact) mass is 292 g/mol. The highest BCUT2D eigenvalue weighted by Gasteiger charge is 2.83. The molecule has 0 aromatic carbocycles. The van der Waals surface area contributed by atoms with Gasteiger partial charge in [0.15, 0.2) is 0 Å². The van der Waals surface area contributed by atoms with Crippen molar-refractivity contribution in [3.8, 4) is 0 Å². The summed E-state index contributed by atoms with van der Waals surface area (Å²) in [5.41, 5.74) is -5.86. The first-order chi connectivity index (χ1) is 7.81. The third-order valence-corrected chi connectivity index (χ3v) is 2.12. The van der Waals surface area contributed by atoms with Crippen molar-refractivity contribution in [3.63, 3.8) is 0 Å². The topological polar surface area (TPSA) is 9.23 Å². The van der Waals surface area contributed by atoms with Crippen LogP contribution in [0.15, 0.2) is 0 Å². The Morgan fingerprint density at radius 2 is 1.06 bits per heavy atom. The Kier molecular flexibility index (Phi) is 4.95. The van der Waals surface area contributed by atoms with Crippen LogP contribution in [0.2, 0.25) is 0 Å². The maximum Gasteiger partial charge on any atom is 0.414 e. The summed E-state index contributed by atoms with van der Waals surface area (Å²) >= 11 is 0. The lowest BCUT2D eigenvalue weighted by Gasteiger charge is -2.38. The fraction of sp³-hybridized carbons (Fsp3) is 1.00. The van der Waals surface area contributed by atoms with Crippen molar-refractivity contribution in [1.29, 1.82) is 0 Å². The smallest absolute Gasteiger partial charge is 0.380 e. The van der Waals surface area contributed by atoms with Crippen molar-refractivity contribution in [2.45, 2.75) is 31.9 Å². The van der Waals surface area contributed by atoms with Gasteiger partial charge in [0.25, 0.3) is 5.41 Å². The number of hydrogen-bond acceptors (Lipinski definition) is 1. The van der Waals surface area contributed by atoms with E-state index >= 15 is 0 Å². The molecule has 0 saturated heterocycles.